The number of carbonyl (C=O) groups excluding carboxylic acids is 2. The maximum absolute atomic E-state index is 12.3. The van der Waals surface area contributed by atoms with Gasteiger partial charge in [0, 0.05) is 18.8 Å². The van der Waals surface area contributed by atoms with Gasteiger partial charge in [0.05, 0.1) is 11.7 Å². The molecule has 1 atom stereocenters. The molecule has 2 amide bonds. The smallest absolute Gasteiger partial charge is 0.239 e. The van der Waals surface area contributed by atoms with Gasteiger partial charge in [-0.15, -0.1) is 0 Å². The fourth-order valence-electron chi connectivity index (χ4n) is 3.48. The number of unbranched alkanes of at least 4 members (excludes halogenated alkanes) is 2. The minimum Gasteiger partial charge on any atom is -0.369 e. The Morgan fingerprint density at radius 3 is 2.71 bits per heavy atom. The van der Waals surface area contributed by atoms with E-state index in [-0.39, 0.29) is 17.6 Å². The Hall–Kier alpha value is -1.93. The lowest BCUT2D eigenvalue weighted by atomic mass is 9.97. The highest BCUT2D eigenvalue weighted by atomic mass is 32.2. The Morgan fingerprint density at radius 1 is 1.25 bits per heavy atom. The number of sulfone groups is 1. The number of hydrogen-bond acceptors (Lipinski definition) is 5. The fourth-order valence-corrected chi connectivity index (χ4v) is 4.74. The molecule has 1 fully saturated rings. The first kappa shape index (κ1) is 22.4. The minimum absolute atomic E-state index is 0.0399. The molecule has 0 bridgehead atoms. The third kappa shape index (κ3) is 7.24. The molecule has 0 spiro atoms. The number of amides is 2. The van der Waals surface area contributed by atoms with Crippen LogP contribution in [0.2, 0.25) is 0 Å². The Bertz CT molecular complexity index is 779. The van der Waals surface area contributed by atoms with Gasteiger partial charge in [-0.25, -0.2) is 8.42 Å². The van der Waals surface area contributed by atoms with Crippen molar-refractivity contribution < 1.29 is 18.0 Å². The molecular formula is C20H31N3O4S. The second-order valence-corrected chi connectivity index (χ2v) is 9.67. The largest absolute Gasteiger partial charge is 0.369 e. The van der Waals surface area contributed by atoms with Gasteiger partial charge in [-0.1, -0.05) is 38.0 Å². The molecule has 2 rings (SSSR count). The maximum atomic E-state index is 12.3. The van der Waals surface area contributed by atoms with E-state index in [1.165, 1.54) is 0 Å². The molecule has 1 aromatic carbocycles. The van der Waals surface area contributed by atoms with Crippen LogP contribution in [0.5, 0.6) is 0 Å². The van der Waals surface area contributed by atoms with Crippen molar-refractivity contribution in [3.05, 3.63) is 29.8 Å². The first-order valence-electron chi connectivity index (χ1n) is 9.90. The van der Waals surface area contributed by atoms with E-state index in [0.717, 1.165) is 37.8 Å². The van der Waals surface area contributed by atoms with Gasteiger partial charge in [0.2, 0.25) is 11.8 Å². The average Bonchev–Trinajstić information content (AvgIpc) is 2.63. The third-order valence-corrected chi connectivity index (χ3v) is 6.62. The van der Waals surface area contributed by atoms with E-state index in [1.807, 2.05) is 19.1 Å². The average molecular weight is 410 g/mol. The number of anilines is 1. The summed E-state index contributed by atoms with van der Waals surface area (Å²) in [6.07, 6.45) is 4.06. The second kappa shape index (κ2) is 10.6. The Morgan fingerprint density at radius 2 is 2.00 bits per heavy atom. The minimum atomic E-state index is -3.40. The summed E-state index contributed by atoms with van der Waals surface area (Å²) < 4.78 is 24.2. The molecule has 8 heteroatoms. The third-order valence-electron chi connectivity index (χ3n) is 5.00. The van der Waals surface area contributed by atoms with Gasteiger partial charge >= 0.3 is 0 Å². The van der Waals surface area contributed by atoms with Crippen LogP contribution in [0, 0.1) is 5.92 Å². The molecule has 1 aromatic rings. The van der Waals surface area contributed by atoms with Crippen molar-refractivity contribution in [1.29, 1.82) is 0 Å². The van der Waals surface area contributed by atoms with Gasteiger partial charge in [0.1, 0.15) is 5.75 Å². The van der Waals surface area contributed by atoms with E-state index in [1.54, 1.807) is 12.1 Å². The number of benzene rings is 1. The van der Waals surface area contributed by atoms with Crippen LogP contribution in [0.3, 0.4) is 0 Å². The van der Waals surface area contributed by atoms with Crippen LogP contribution < -0.4 is 11.1 Å². The highest BCUT2D eigenvalue weighted by Crippen LogP contribution is 2.22. The van der Waals surface area contributed by atoms with Gasteiger partial charge in [0.15, 0.2) is 9.84 Å². The van der Waals surface area contributed by atoms with Gasteiger partial charge in [-0.2, -0.15) is 0 Å². The molecule has 1 saturated heterocycles. The van der Waals surface area contributed by atoms with Crippen LogP contribution >= 0.6 is 0 Å². The van der Waals surface area contributed by atoms with Crippen molar-refractivity contribution in [2.45, 2.75) is 45.6 Å². The quantitative estimate of drug-likeness (QED) is 0.574. The van der Waals surface area contributed by atoms with Gasteiger partial charge in [0.25, 0.3) is 0 Å². The normalized spacial score (nSPS) is 18.0. The van der Waals surface area contributed by atoms with E-state index in [4.69, 9.17) is 5.73 Å². The lowest BCUT2D eigenvalue weighted by Gasteiger charge is -2.31. The number of hydrogen-bond donors (Lipinski definition) is 2. The lowest BCUT2D eigenvalue weighted by Crippen LogP contribution is -2.40. The number of piperidine rings is 1. The summed E-state index contributed by atoms with van der Waals surface area (Å²) in [6.45, 7) is 4.04. The molecular weight excluding hydrogens is 378 g/mol. The van der Waals surface area contributed by atoms with Crippen LogP contribution in [-0.2, 0) is 26.0 Å². The van der Waals surface area contributed by atoms with Crippen LogP contribution in [0.1, 0.15) is 44.6 Å². The topological polar surface area (TPSA) is 110 Å². The SMILES string of the molecule is CCCCCS(=O)(=O)CC(=O)Nc1ccccc1CN1CCCC(C(N)=O)C1. The summed E-state index contributed by atoms with van der Waals surface area (Å²) >= 11 is 0. The number of primary amides is 1. The van der Waals surface area contributed by atoms with Crippen molar-refractivity contribution in [1.82, 2.24) is 4.90 Å². The molecule has 28 heavy (non-hydrogen) atoms. The molecule has 1 aliphatic rings. The molecule has 1 aliphatic heterocycles. The summed E-state index contributed by atoms with van der Waals surface area (Å²) in [7, 11) is -3.40. The summed E-state index contributed by atoms with van der Waals surface area (Å²) in [5.74, 6) is -1.41. The zero-order valence-electron chi connectivity index (χ0n) is 16.5. The van der Waals surface area contributed by atoms with Gasteiger partial charge in [-0.05, 0) is 37.4 Å². The van der Waals surface area contributed by atoms with Crippen LogP contribution in [-0.4, -0.2) is 49.7 Å². The predicted octanol–water partition coefficient (Wildman–Crippen LogP) is 1.93. The van der Waals surface area contributed by atoms with E-state index >= 15 is 0 Å². The summed E-state index contributed by atoms with van der Waals surface area (Å²) in [6, 6.07) is 7.35. The standard InChI is InChI=1S/C20H31N3O4S/c1-2-3-6-12-28(26,27)15-19(24)22-18-10-5-4-8-16(18)13-23-11-7-9-17(14-23)20(21)25/h4-5,8,10,17H,2-3,6-7,9,11-15H2,1H3,(H2,21,25)(H,22,24). The number of nitrogens with two attached hydrogens (primary N) is 1. The van der Waals surface area contributed by atoms with Crippen LogP contribution in [0.15, 0.2) is 24.3 Å². The Balaban J connectivity index is 1.97. The monoisotopic (exact) mass is 409 g/mol. The molecule has 0 radical (unpaired) electrons. The van der Waals surface area contributed by atoms with Crippen molar-refractivity contribution in [3.63, 3.8) is 0 Å². The zero-order valence-corrected chi connectivity index (χ0v) is 17.3. The van der Waals surface area contributed by atoms with Crippen LogP contribution in [0.25, 0.3) is 0 Å². The number of likely N-dealkylation sites (tertiary alicyclic amines) is 1. The van der Waals surface area contributed by atoms with Crippen molar-refractivity contribution in [2.75, 3.05) is 29.9 Å². The highest BCUT2D eigenvalue weighted by Gasteiger charge is 2.24. The van der Waals surface area contributed by atoms with E-state index in [2.05, 4.69) is 10.2 Å². The number of nitrogens with one attached hydrogen (secondary N) is 1. The predicted molar refractivity (Wildman–Crippen MR) is 110 cm³/mol. The number of carbonyl (C=O) groups is 2. The second-order valence-electron chi connectivity index (χ2n) is 7.48. The van der Waals surface area contributed by atoms with Crippen LogP contribution in [0.4, 0.5) is 5.69 Å². The molecule has 1 unspecified atom stereocenters. The molecule has 1 heterocycles. The molecule has 7 nitrogen and oxygen atoms in total. The van der Waals surface area contributed by atoms with Gasteiger partial charge < -0.3 is 11.1 Å². The summed E-state index contributed by atoms with van der Waals surface area (Å²) in [5, 5.41) is 2.74. The fraction of sp³-hybridized carbons (Fsp3) is 0.600. The highest BCUT2D eigenvalue weighted by molar-refractivity contribution is 7.92. The molecule has 0 aromatic heterocycles. The molecule has 3 N–H and O–H groups in total. The molecule has 0 saturated carbocycles. The van der Waals surface area contributed by atoms with Gasteiger partial charge in [-0.3, -0.25) is 14.5 Å². The van der Waals surface area contributed by atoms with Crippen molar-refractivity contribution >= 4 is 27.3 Å². The number of nitrogens with zero attached hydrogens (tertiary/aromatic N) is 1. The number of para-hydroxylation sites is 1. The molecule has 0 aliphatic carbocycles. The summed E-state index contributed by atoms with van der Waals surface area (Å²) in [5.41, 5.74) is 6.94. The number of rotatable bonds is 10. The van der Waals surface area contributed by atoms with Crippen molar-refractivity contribution in [2.24, 2.45) is 11.7 Å². The molecule has 156 valence electrons. The first-order valence-corrected chi connectivity index (χ1v) is 11.7. The Kier molecular flexibility index (Phi) is 8.44. The van der Waals surface area contributed by atoms with E-state index < -0.39 is 21.5 Å². The van der Waals surface area contributed by atoms with E-state index in [0.29, 0.717) is 25.2 Å². The first-order chi connectivity index (χ1) is 13.3. The maximum Gasteiger partial charge on any atom is 0.239 e. The van der Waals surface area contributed by atoms with E-state index in [9.17, 15) is 18.0 Å². The zero-order chi connectivity index (χ0) is 20.6. The van der Waals surface area contributed by atoms with Crippen molar-refractivity contribution in [3.8, 4) is 0 Å². The lowest BCUT2D eigenvalue weighted by molar-refractivity contribution is -0.123. The summed E-state index contributed by atoms with van der Waals surface area (Å²) in [4.78, 5) is 25.9. The Labute approximate surface area is 167 Å².